The van der Waals surface area contributed by atoms with Crippen molar-refractivity contribution >= 4 is 23.1 Å². The smallest absolute Gasteiger partial charge is 0.275 e. The van der Waals surface area contributed by atoms with Gasteiger partial charge in [0.25, 0.3) is 5.91 Å². The molecule has 0 saturated carbocycles. The summed E-state index contributed by atoms with van der Waals surface area (Å²) in [7, 11) is 0. The van der Waals surface area contributed by atoms with Crippen molar-refractivity contribution < 1.29 is 4.79 Å². The van der Waals surface area contributed by atoms with Crippen LogP contribution in [0.2, 0.25) is 0 Å². The van der Waals surface area contributed by atoms with E-state index in [9.17, 15) is 4.79 Å². The van der Waals surface area contributed by atoms with Gasteiger partial charge in [-0.25, -0.2) is 9.97 Å². The molecule has 1 atom stereocenters. The number of fused-ring (bicyclic) bond motifs is 1. The van der Waals surface area contributed by atoms with Crippen LogP contribution in [0.15, 0.2) is 54.9 Å². The summed E-state index contributed by atoms with van der Waals surface area (Å²) in [6.07, 6.45) is 4.20. The number of amides is 1. The number of hydrogen-bond donors (Lipinski definition) is 1. The number of nitrogens with one attached hydrogen (secondary N) is 1. The molecule has 0 radical (unpaired) electrons. The highest BCUT2D eigenvalue weighted by atomic mass is 16.1. The maximum Gasteiger partial charge on any atom is 0.275 e. The minimum Gasteiger partial charge on any atom is -0.322 e. The van der Waals surface area contributed by atoms with Gasteiger partial charge in [0.2, 0.25) is 0 Å². The summed E-state index contributed by atoms with van der Waals surface area (Å²) in [5.41, 5.74) is 5.75. The van der Waals surface area contributed by atoms with Crippen LogP contribution in [0.4, 0.5) is 17.2 Å². The zero-order valence-corrected chi connectivity index (χ0v) is 15.7. The molecule has 136 valence electrons. The highest BCUT2D eigenvalue weighted by Crippen LogP contribution is 2.36. The number of hydrogen-bond acceptors (Lipinski definition) is 4. The van der Waals surface area contributed by atoms with Crippen LogP contribution in [-0.2, 0) is 6.42 Å². The molecule has 2 aromatic carbocycles. The molecule has 0 bridgehead atoms. The Kier molecular flexibility index (Phi) is 4.36. The van der Waals surface area contributed by atoms with Gasteiger partial charge in [-0.05, 0) is 62.1 Å². The molecule has 0 aliphatic carbocycles. The Balaban J connectivity index is 1.55. The number of aryl methyl sites for hydroxylation is 2. The lowest BCUT2D eigenvalue weighted by atomic mass is 10.1. The summed E-state index contributed by atoms with van der Waals surface area (Å²) in [5.74, 6) is 0.504. The number of aromatic nitrogens is 2. The predicted molar refractivity (Wildman–Crippen MR) is 108 cm³/mol. The third kappa shape index (κ3) is 3.40. The van der Waals surface area contributed by atoms with Crippen LogP contribution in [-0.4, -0.2) is 21.9 Å². The molecule has 1 aliphatic rings. The first-order valence-corrected chi connectivity index (χ1v) is 9.10. The van der Waals surface area contributed by atoms with E-state index >= 15 is 0 Å². The van der Waals surface area contributed by atoms with Gasteiger partial charge in [0.15, 0.2) is 5.82 Å². The van der Waals surface area contributed by atoms with Crippen LogP contribution >= 0.6 is 0 Å². The highest BCUT2D eigenvalue weighted by molar-refractivity contribution is 6.02. The molecular formula is C22H22N4O. The van der Waals surface area contributed by atoms with E-state index in [-0.39, 0.29) is 5.91 Å². The third-order valence-electron chi connectivity index (χ3n) is 4.80. The van der Waals surface area contributed by atoms with Gasteiger partial charge in [0.1, 0.15) is 5.69 Å². The van der Waals surface area contributed by atoms with Gasteiger partial charge in [-0.15, -0.1) is 0 Å². The molecule has 1 aromatic heterocycles. The monoisotopic (exact) mass is 358 g/mol. The van der Waals surface area contributed by atoms with Crippen LogP contribution in [0.5, 0.6) is 0 Å². The van der Waals surface area contributed by atoms with Crippen LogP contribution in [0.1, 0.15) is 34.1 Å². The zero-order chi connectivity index (χ0) is 19.0. The second-order valence-corrected chi connectivity index (χ2v) is 7.14. The molecule has 0 fully saturated rings. The fourth-order valence-electron chi connectivity index (χ4n) is 3.72. The first-order chi connectivity index (χ1) is 13.0. The number of para-hydroxylation sites is 1. The minimum absolute atomic E-state index is 0.256. The summed E-state index contributed by atoms with van der Waals surface area (Å²) < 4.78 is 0. The van der Waals surface area contributed by atoms with Gasteiger partial charge in [-0.1, -0.05) is 24.3 Å². The maximum absolute atomic E-state index is 12.5. The first kappa shape index (κ1) is 17.2. The lowest BCUT2D eigenvalue weighted by Crippen LogP contribution is -2.25. The first-order valence-electron chi connectivity index (χ1n) is 9.10. The molecule has 1 amide bonds. The fraction of sp³-hybridized carbons (Fsp3) is 0.227. The summed E-state index contributed by atoms with van der Waals surface area (Å²) in [6, 6.07) is 14.6. The molecular weight excluding hydrogens is 336 g/mol. The van der Waals surface area contributed by atoms with E-state index in [1.54, 1.807) is 12.4 Å². The Hall–Kier alpha value is -3.21. The predicted octanol–water partition coefficient (Wildman–Crippen LogP) is 4.43. The maximum atomic E-state index is 12.5. The van der Waals surface area contributed by atoms with Crippen LogP contribution in [0, 0.1) is 13.8 Å². The summed E-state index contributed by atoms with van der Waals surface area (Å²) in [5, 5.41) is 2.90. The zero-order valence-electron chi connectivity index (χ0n) is 15.7. The van der Waals surface area contributed by atoms with E-state index in [1.807, 2.05) is 32.0 Å². The Bertz CT molecular complexity index is 977. The van der Waals surface area contributed by atoms with E-state index in [0.717, 1.165) is 34.7 Å². The van der Waals surface area contributed by atoms with E-state index < -0.39 is 0 Å². The number of benzene rings is 2. The molecule has 27 heavy (non-hydrogen) atoms. The van der Waals surface area contributed by atoms with Gasteiger partial charge in [0, 0.05) is 17.4 Å². The molecule has 5 heteroatoms. The normalized spacial score (nSPS) is 15.5. The summed E-state index contributed by atoms with van der Waals surface area (Å²) in [4.78, 5) is 23.5. The SMILES string of the molecule is Cc1cc(C)cc(NC(=O)c2cnc(N3c4ccccc4CC3C)cn2)c1. The molecule has 4 rings (SSSR count). The topological polar surface area (TPSA) is 58.1 Å². The second-order valence-electron chi connectivity index (χ2n) is 7.14. The Morgan fingerprint density at radius 1 is 1.07 bits per heavy atom. The summed E-state index contributed by atoms with van der Waals surface area (Å²) in [6.45, 7) is 6.18. The molecule has 1 unspecified atom stereocenters. The van der Waals surface area contributed by atoms with E-state index in [0.29, 0.717) is 11.7 Å². The van der Waals surface area contributed by atoms with Crippen molar-refractivity contribution in [1.29, 1.82) is 0 Å². The van der Waals surface area contributed by atoms with Gasteiger partial charge >= 0.3 is 0 Å². The average molecular weight is 358 g/mol. The quantitative estimate of drug-likeness (QED) is 0.752. The standard InChI is InChI=1S/C22H22N4O/c1-14-8-15(2)10-18(9-14)25-22(27)19-12-24-21(13-23-19)26-16(3)11-17-6-4-5-7-20(17)26/h4-10,12-13,16H,11H2,1-3H3,(H,25,27). The number of carbonyl (C=O) groups excluding carboxylic acids is 1. The number of anilines is 3. The van der Waals surface area contributed by atoms with Crippen molar-refractivity contribution in [3.8, 4) is 0 Å². The molecule has 5 nitrogen and oxygen atoms in total. The number of nitrogens with zero attached hydrogens (tertiary/aromatic N) is 3. The molecule has 3 aromatic rings. The molecule has 1 aliphatic heterocycles. The number of rotatable bonds is 3. The molecule has 2 heterocycles. The highest BCUT2D eigenvalue weighted by Gasteiger charge is 2.27. The fourth-order valence-corrected chi connectivity index (χ4v) is 3.72. The van der Waals surface area contributed by atoms with Crippen LogP contribution < -0.4 is 10.2 Å². The van der Waals surface area contributed by atoms with Gasteiger partial charge in [-0.3, -0.25) is 4.79 Å². The largest absolute Gasteiger partial charge is 0.322 e. The molecule has 0 saturated heterocycles. The van der Waals surface area contributed by atoms with Crippen molar-refractivity contribution in [2.75, 3.05) is 10.2 Å². The summed E-state index contributed by atoms with van der Waals surface area (Å²) >= 11 is 0. The van der Waals surface area contributed by atoms with Crippen LogP contribution in [0.3, 0.4) is 0 Å². The van der Waals surface area contributed by atoms with Gasteiger partial charge in [0.05, 0.1) is 12.4 Å². The van der Waals surface area contributed by atoms with Gasteiger partial charge < -0.3 is 10.2 Å². The Labute approximate surface area is 159 Å². The van der Waals surface area contributed by atoms with E-state index in [1.165, 1.54) is 5.56 Å². The lowest BCUT2D eigenvalue weighted by molar-refractivity contribution is 0.102. The number of carbonyl (C=O) groups is 1. The van der Waals surface area contributed by atoms with E-state index in [4.69, 9.17) is 0 Å². The van der Waals surface area contributed by atoms with Crippen molar-refractivity contribution in [2.45, 2.75) is 33.2 Å². The third-order valence-corrected chi connectivity index (χ3v) is 4.80. The minimum atomic E-state index is -0.256. The van der Waals surface area contributed by atoms with Gasteiger partial charge in [-0.2, -0.15) is 0 Å². The molecule has 0 spiro atoms. The van der Waals surface area contributed by atoms with Crippen molar-refractivity contribution in [3.05, 3.63) is 77.2 Å². The molecule has 1 N–H and O–H groups in total. The second kappa shape index (κ2) is 6.83. The van der Waals surface area contributed by atoms with Crippen LogP contribution in [0.25, 0.3) is 0 Å². The lowest BCUT2D eigenvalue weighted by Gasteiger charge is -2.23. The Morgan fingerprint density at radius 3 is 2.52 bits per heavy atom. The van der Waals surface area contributed by atoms with Crippen molar-refractivity contribution in [1.82, 2.24) is 9.97 Å². The average Bonchev–Trinajstić information content (AvgIpc) is 2.96. The van der Waals surface area contributed by atoms with E-state index in [2.05, 4.69) is 51.4 Å². The Morgan fingerprint density at radius 2 is 1.81 bits per heavy atom. The van der Waals surface area contributed by atoms with Crippen molar-refractivity contribution in [2.24, 2.45) is 0 Å². The van der Waals surface area contributed by atoms with Crippen molar-refractivity contribution in [3.63, 3.8) is 0 Å².